The lowest BCUT2D eigenvalue weighted by atomic mass is 10.3. The molecule has 4 nitrogen and oxygen atoms in total. The predicted octanol–water partition coefficient (Wildman–Crippen LogP) is 1.88. The van der Waals surface area contributed by atoms with E-state index in [9.17, 15) is 0 Å². The second-order valence-electron chi connectivity index (χ2n) is 2.91. The maximum absolute atomic E-state index is 5.93. The van der Waals surface area contributed by atoms with Crippen molar-refractivity contribution >= 4 is 23.6 Å². The van der Waals surface area contributed by atoms with Crippen LogP contribution < -0.4 is 4.90 Å². The van der Waals surface area contributed by atoms with Gasteiger partial charge in [-0.25, -0.2) is 9.97 Å². The first kappa shape index (κ1) is 9.15. The van der Waals surface area contributed by atoms with Crippen molar-refractivity contribution in [1.82, 2.24) is 9.97 Å². The Hall–Kier alpha value is -1.42. The van der Waals surface area contributed by atoms with Crippen LogP contribution >= 0.6 is 11.6 Å². The zero-order valence-electron chi connectivity index (χ0n) is 7.63. The minimum Gasteiger partial charge on any atom is -0.321 e. The van der Waals surface area contributed by atoms with E-state index in [0.717, 1.165) is 0 Å². The monoisotopic (exact) mass is 208 g/mol. The Bertz CT molecular complexity index is 388. The second kappa shape index (κ2) is 3.75. The number of anilines is 1. The van der Waals surface area contributed by atoms with Crippen LogP contribution in [0.2, 0.25) is 5.15 Å². The zero-order chi connectivity index (χ0) is 9.97. The number of hydrogen-bond acceptors (Lipinski definition) is 4. The van der Waals surface area contributed by atoms with Crippen LogP contribution in [-0.2, 0) is 0 Å². The molecule has 0 radical (unpaired) electrons. The first-order valence-corrected chi connectivity index (χ1v) is 4.61. The van der Waals surface area contributed by atoms with E-state index in [1.165, 1.54) is 0 Å². The third kappa shape index (κ3) is 1.61. The van der Waals surface area contributed by atoms with Crippen LogP contribution in [0, 0.1) is 0 Å². The molecule has 72 valence electrons. The molecule has 1 aliphatic rings. The molecule has 0 saturated heterocycles. The molecule has 0 bridgehead atoms. The molecule has 1 atom stereocenters. The molecule has 5 heteroatoms. The van der Waals surface area contributed by atoms with Crippen LogP contribution in [0.4, 0.5) is 5.82 Å². The summed E-state index contributed by atoms with van der Waals surface area (Å²) in [6.07, 6.45) is 8.54. The number of halogens is 1. The van der Waals surface area contributed by atoms with Gasteiger partial charge < -0.3 is 4.90 Å². The van der Waals surface area contributed by atoms with Gasteiger partial charge in [0.2, 0.25) is 0 Å². The first-order chi connectivity index (χ1) is 6.79. The molecule has 1 aromatic rings. The van der Waals surface area contributed by atoms with Crippen molar-refractivity contribution in [2.45, 2.75) is 13.0 Å². The Balaban J connectivity index is 2.36. The zero-order valence-corrected chi connectivity index (χ0v) is 8.39. The smallest absolute Gasteiger partial charge is 0.172 e. The third-order valence-corrected chi connectivity index (χ3v) is 2.20. The van der Waals surface area contributed by atoms with Gasteiger partial charge in [0.25, 0.3) is 0 Å². The Kier molecular flexibility index (Phi) is 2.45. The minimum atomic E-state index is 0.147. The summed E-state index contributed by atoms with van der Waals surface area (Å²) in [5, 5.41) is 0.402. The summed E-state index contributed by atoms with van der Waals surface area (Å²) >= 11 is 5.93. The topological polar surface area (TPSA) is 41.4 Å². The summed E-state index contributed by atoms with van der Waals surface area (Å²) in [5.74, 6) is 0.657. The number of hydrogen-bond donors (Lipinski definition) is 0. The van der Waals surface area contributed by atoms with Crippen molar-refractivity contribution in [3.05, 3.63) is 29.9 Å². The van der Waals surface area contributed by atoms with E-state index < -0.39 is 0 Å². The Labute approximate surface area is 87.0 Å². The standard InChI is InChI=1S/C9H9ClN4/c1-7-6-11-4-5-14(7)9-8(10)12-2-3-13-9/h2-7H,1H3/t7-/m1/s1. The molecule has 0 N–H and O–H groups in total. The van der Waals surface area contributed by atoms with Crippen LogP contribution in [0.15, 0.2) is 29.8 Å². The molecule has 0 fully saturated rings. The molecule has 1 aromatic heterocycles. The van der Waals surface area contributed by atoms with Gasteiger partial charge in [0.05, 0.1) is 6.04 Å². The molecule has 0 aliphatic carbocycles. The fourth-order valence-corrected chi connectivity index (χ4v) is 1.45. The van der Waals surface area contributed by atoms with Crippen LogP contribution in [-0.4, -0.2) is 22.2 Å². The molecule has 0 aromatic carbocycles. The second-order valence-corrected chi connectivity index (χ2v) is 3.27. The Morgan fingerprint density at radius 1 is 1.36 bits per heavy atom. The molecule has 14 heavy (non-hydrogen) atoms. The lowest BCUT2D eigenvalue weighted by Crippen LogP contribution is -2.31. The fraction of sp³-hybridized carbons (Fsp3) is 0.222. The van der Waals surface area contributed by atoms with Gasteiger partial charge in [0, 0.05) is 31.0 Å². The van der Waals surface area contributed by atoms with Gasteiger partial charge in [-0.2, -0.15) is 0 Å². The van der Waals surface area contributed by atoms with Gasteiger partial charge in [-0.1, -0.05) is 11.6 Å². The summed E-state index contributed by atoms with van der Waals surface area (Å²) in [6.45, 7) is 2.01. The van der Waals surface area contributed by atoms with E-state index in [0.29, 0.717) is 11.0 Å². The maximum atomic E-state index is 5.93. The molecule has 0 saturated carbocycles. The highest BCUT2D eigenvalue weighted by Gasteiger charge is 2.16. The maximum Gasteiger partial charge on any atom is 0.172 e. The Morgan fingerprint density at radius 3 is 2.86 bits per heavy atom. The number of aliphatic imine (C=N–C) groups is 1. The summed E-state index contributed by atoms with van der Waals surface area (Å²) in [5.41, 5.74) is 0. The van der Waals surface area contributed by atoms with Crippen molar-refractivity contribution in [2.75, 3.05) is 4.90 Å². The molecule has 0 unspecified atom stereocenters. The average Bonchev–Trinajstić information content (AvgIpc) is 2.20. The highest BCUT2D eigenvalue weighted by Crippen LogP contribution is 2.22. The van der Waals surface area contributed by atoms with E-state index in [1.54, 1.807) is 18.6 Å². The quantitative estimate of drug-likeness (QED) is 0.708. The molecular weight excluding hydrogens is 200 g/mol. The molecule has 0 spiro atoms. The summed E-state index contributed by atoms with van der Waals surface area (Å²) in [7, 11) is 0. The normalized spacial score (nSPS) is 20.1. The van der Waals surface area contributed by atoms with Crippen molar-refractivity contribution < 1.29 is 0 Å². The van der Waals surface area contributed by atoms with Crippen molar-refractivity contribution in [3.8, 4) is 0 Å². The van der Waals surface area contributed by atoms with E-state index in [1.807, 2.05) is 24.2 Å². The Morgan fingerprint density at radius 2 is 2.14 bits per heavy atom. The fourth-order valence-electron chi connectivity index (χ4n) is 1.24. The third-order valence-electron chi connectivity index (χ3n) is 1.93. The number of aromatic nitrogens is 2. The number of nitrogens with zero attached hydrogens (tertiary/aromatic N) is 4. The minimum absolute atomic E-state index is 0.147. The van der Waals surface area contributed by atoms with Crippen molar-refractivity contribution in [1.29, 1.82) is 0 Å². The van der Waals surface area contributed by atoms with Crippen LogP contribution in [0.1, 0.15) is 6.92 Å². The van der Waals surface area contributed by atoms with Crippen LogP contribution in [0.25, 0.3) is 0 Å². The van der Waals surface area contributed by atoms with Crippen LogP contribution in [0.3, 0.4) is 0 Å². The van der Waals surface area contributed by atoms with Crippen LogP contribution in [0.5, 0.6) is 0 Å². The first-order valence-electron chi connectivity index (χ1n) is 4.24. The van der Waals surface area contributed by atoms with Gasteiger partial charge in [0.1, 0.15) is 0 Å². The van der Waals surface area contributed by atoms with Gasteiger partial charge in [-0.3, -0.25) is 4.99 Å². The van der Waals surface area contributed by atoms with Crippen molar-refractivity contribution in [3.63, 3.8) is 0 Å². The lowest BCUT2D eigenvalue weighted by molar-refractivity contribution is 0.871. The van der Waals surface area contributed by atoms with E-state index in [2.05, 4.69) is 15.0 Å². The van der Waals surface area contributed by atoms with Gasteiger partial charge in [0.15, 0.2) is 11.0 Å². The highest BCUT2D eigenvalue weighted by atomic mass is 35.5. The van der Waals surface area contributed by atoms with E-state index in [4.69, 9.17) is 11.6 Å². The summed E-state index contributed by atoms with van der Waals surface area (Å²) in [4.78, 5) is 14.1. The van der Waals surface area contributed by atoms with Gasteiger partial charge >= 0.3 is 0 Å². The SMILES string of the molecule is C[C@@H]1C=NC=CN1c1nccnc1Cl. The molecular formula is C9H9ClN4. The lowest BCUT2D eigenvalue weighted by Gasteiger charge is -2.25. The molecule has 2 rings (SSSR count). The summed E-state index contributed by atoms with van der Waals surface area (Å²) in [6, 6.07) is 0.147. The highest BCUT2D eigenvalue weighted by molar-refractivity contribution is 6.31. The average molecular weight is 209 g/mol. The summed E-state index contributed by atoms with van der Waals surface area (Å²) < 4.78 is 0. The van der Waals surface area contributed by atoms with Gasteiger partial charge in [-0.15, -0.1) is 0 Å². The van der Waals surface area contributed by atoms with Gasteiger partial charge in [-0.05, 0) is 6.92 Å². The van der Waals surface area contributed by atoms with E-state index in [-0.39, 0.29) is 6.04 Å². The predicted molar refractivity (Wildman–Crippen MR) is 56.6 cm³/mol. The largest absolute Gasteiger partial charge is 0.321 e. The van der Waals surface area contributed by atoms with E-state index >= 15 is 0 Å². The molecule has 1 aliphatic heterocycles. The van der Waals surface area contributed by atoms with Crippen molar-refractivity contribution in [2.24, 2.45) is 4.99 Å². The molecule has 2 heterocycles. The molecule has 0 amide bonds. The number of rotatable bonds is 1.